The standard InChI is InChI=1S/C16H14N4O2/c1-10-17-15(22-19-10)12-8-20(9-12)16(21)14-7-6-11-4-2-3-5-13(11)18-14/h2-7,12H,8-9H2,1H3. The number of likely N-dealkylation sites (tertiary alicyclic amines) is 1. The smallest absolute Gasteiger partial charge is 0.272 e. The number of hydrogen-bond acceptors (Lipinski definition) is 5. The number of fused-ring (bicyclic) bond motifs is 1. The summed E-state index contributed by atoms with van der Waals surface area (Å²) in [4.78, 5) is 22.8. The molecule has 1 aliphatic heterocycles. The maximum Gasteiger partial charge on any atom is 0.272 e. The van der Waals surface area contributed by atoms with Gasteiger partial charge in [0.25, 0.3) is 5.91 Å². The van der Waals surface area contributed by atoms with Crippen LogP contribution in [0.15, 0.2) is 40.9 Å². The molecule has 3 aromatic rings. The van der Waals surface area contributed by atoms with E-state index in [-0.39, 0.29) is 11.8 Å². The van der Waals surface area contributed by atoms with Gasteiger partial charge in [-0.3, -0.25) is 4.79 Å². The first-order valence-electron chi connectivity index (χ1n) is 7.16. The van der Waals surface area contributed by atoms with Gasteiger partial charge in [-0.2, -0.15) is 4.98 Å². The van der Waals surface area contributed by atoms with Crippen LogP contribution in [0.5, 0.6) is 0 Å². The van der Waals surface area contributed by atoms with E-state index >= 15 is 0 Å². The topological polar surface area (TPSA) is 72.1 Å². The Morgan fingerprint density at radius 2 is 2.00 bits per heavy atom. The van der Waals surface area contributed by atoms with Gasteiger partial charge in [-0.1, -0.05) is 29.4 Å². The van der Waals surface area contributed by atoms with Crippen molar-refractivity contribution >= 4 is 16.8 Å². The summed E-state index contributed by atoms with van der Waals surface area (Å²) in [5, 5.41) is 4.81. The van der Waals surface area contributed by atoms with Gasteiger partial charge in [-0.05, 0) is 19.1 Å². The molecule has 0 aliphatic carbocycles. The minimum Gasteiger partial charge on any atom is -0.339 e. The Bertz CT molecular complexity index is 852. The van der Waals surface area contributed by atoms with Crippen molar-refractivity contribution in [3.8, 4) is 0 Å². The lowest BCUT2D eigenvalue weighted by Crippen LogP contribution is -2.48. The molecule has 6 heteroatoms. The third-order valence-corrected chi connectivity index (χ3v) is 3.88. The van der Waals surface area contributed by atoms with Crippen LogP contribution in [0.25, 0.3) is 10.9 Å². The summed E-state index contributed by atoms with van der Waals surface area (Å²) >= 11 is 0. The van der Waals surface area contributed by atoms with Gasteiger partial charge in [0.05, 0.1) is 11.4 Å². The number of benzene rings is 1. The van der Waals surface area contributed by atoms with Gasteiger partial charge in [0.15, 0.2) is 5.82 Å². The number of pyridine rings is 1. The Morgan fingerprint density at radius 3 is 2.77 bits per heavy atom. The Balaban J connectivity index is 1.50. The first-order chi connectivity index (χ1) is 10.7. The average Bonchev–Trinajstić information content (AvgIpc) is 2.91. The molecule has 1 amide bonds. The van der Waals surface area contributed by atoms with Crippen LogP contribution < -0.4 is 0 Å². The van der Waals surface area contributed by atoms with Gasteiger partial charge in [-0.25, -0.2) is 4.98 Å². The molecule has 1 aromatic carbocycles. The molecule has 22 heavy (non-hydrogen) atoms. The molecule has 1 saturated heterocycles. The van der Waals surface area contributed by atoms with Crippen LogP contribution in [0, 0.1) is 6.92 Å². The Hall–Kier alpha value is -2.76. The molecule has 0 N–H and O–H groups in total. The SMILES string of the molecule is Cc1noc(C2CN(C(=O)c3ccc4ccccc4n3)C2)n1. The number of aryl methyl sites for hydroxylation is 1. The summed E-state index contributed by atoms with van der Waals surface area (Å²) < 4.78 is 5.14. The van der Waals surface area contributed by atoms with Gasteiger partial charge in [-0.15, -0.1) is 0 Å². The van der Waals surface area contributed by atoms with Gasteiger partial charge in [0, 0.05) is 18.5 Å². The minimum absolute atomic E-state index is 0.0572. The molecule has 0 bridgehead atoms. The molecule has 1 aliphatic rings. The first kappa shape index (κ1) is 12.9. The quantitative estimate of drug-likeness (QED) is 0.724. The average molecular weight is 294 g/mol. The summed E-state index contributed by atoms with van der Waals surface area (Å²) in [5.74, 6) is 1.30. The Morgan fingerprint density at radius 1 is 1.18 bits per heavy atom. The number of aromatic nitrogens is 3. The monoisotopic (exact) mass is 294 g/mol. The van der Waals surface area contributed by atoms with Crippen LogP contribution in [0.3, 0.4) is 0 Å². The van der Waals surface area contributed by atoms with Gasteiger partial charge in [0.2, 0.25) is 5.89 Å². The Labute approximate surface area is 126 Å². The second kappa shape index (κ2) is 4.91. The van der Waals surface area contributed by atoms with Crippen molar-refractivity contribution in [1.82, 2.24) is 20.0 Å². The number of rotatable bonds is 2. The molecule has 110 valence electrons. The van der Waals surface area contributed by atoms with E-state index < -0.39 is 0 Å². The van der Waals surface area contributed by atoms with E-state index in [9.17, 15) is 4.79 Å². The van der Waals surface area contributed by atoms with Crippen LogP contribution in [-0.2, 0) is 0 Å². The molecule has 1 fully saturated rings. The lowest BCUT2D eigenvalue weighted by molar-refractivity contribution is 0.0563. The zero-order chi connectivity index (χ0) is 15.1. The molecule has 0 saturated carbocycles. The zero-order valence-corrected chi connectivity index (χ0v) is 12.1. The molecule has 0 radical (unpaired) electrons. The lowest BCUT2D eigenvalue weighted by Gasteiger charge is -2.36. The molecule has 3 heterocycles. The maximum absolute atomic E-state index is 12.4. The summed E-state index contributed by atoms with van der Waals surface area (Å²) in [7, 11) is 0. The second-order valence-corrected chi connectivity index (χ2v) is 5.48. The van der Waals surface area contributed by atoms with Crippen molar-refractivity contribution in [2.75, 3.05) is 13.1 Å². The molecule has 0 unspecified atom stereocenters. The highest BCUT2D eigenvalue weighted by atomic mass is 16.5. The van der Waals surface area contributed by atoms with Gasteiger partial charge < -0.3 is 9.42 Å². The highest BCUT2D eigenvalue weighted by Gasteiger charge is 2.36. The molecule has 4 rings (SSSR count). The molecule has 6 nitrogen and oxygen atoms in total. The van der Waals surface area contributed by atoms with Crippen LogP contribution in [0.2, 0.25) is 0 Å². The highest BCUT2D eigenvalue weighted by molar-refractivity contribution is 5.95. The normalized spacial score (nSPS) is 15.0. The fourth-order valence-electron chi connectivity index (χ4n) is 2.63. The molecular formula is C16H14N4O2. The predicted octanol–water partition coefficient (Wildman–Crippen LogP) is 2.17. The largest absolute Gasteiger partial charge is 0.339 e. The third kappa shape index (κ3) is 2.13. The first-order valence-corrected chi connectivity index (χ1v) is 7.16. The fraction of sp³-hybridized carbons (Fsp3) is 0.250. The molecule has 0 atom stereocenters. The molecular weight excluding hydrogens is 280 g/mol. The van der Waals surface area contributed by atoms with Crippen molar-refractivity contribution in [2.24, 2.45) is 0 Å². The van der Waals surface area contributed by atoms with Crippen molar-refractivity contribution in [2.45, 2.75) is 12.8 Å². The van der Waals surface area contributed by atoms with E-state index in [0.717, 1.165) is 10.9 Å². The van der Waals surface area contributed by atoms with Crippen LogP contribution >= 0.6 is 0 Å². The van der Waals surface area contributed by atoms with Crippen LogP contribution in [-0.4, -0.2) is 39.0 Å². The third-order valence-electron chi connectivity index (χ3n) is 3.88. The van der Waals surface area contributed by atoms with E-state index in [2.05, 4.69) is 15.1 Å². The van der Waals surface area contributed by atoms with E-state index in [0.29, 0.717) is 30.5 Å². The van der Waals surface area contributed by atoms with Crippen LogP contribution in [0.4, 0.5) is 0 Å². The van der Waals surface area contributed by atoms with Crippen molar-refractivity contribution < 1.29 is 9.32 Å². The van der Waals surface area contributed by atoms with E-state index in [1.54, 1.807) is 17.9 Å². The number of para-hydroxylation sites is 1. The van der Waals surface area contributed by atoms with Crippen molar-refractivity contribution in [1.29, 1.82) is 0 Å². The fourth-order valence-corrected chi connectivity index (χ4v) is 2.63. The summed E-state index contributed by atoms with van der Waals surface area (Å²) in [6.07, 6.45) is 0. The van der Waals surface area contributed by atoms with E-state index in [1.165, 1.54) is 0 Å². The number of carbonyl (C=O) groups is 1. The Kier molecular flexibility index (Phi) is 2.89. The van der Waals surface area contributed by atoms with Crippen molar-refractivity contribution in [3.05, 3.63) is 53.8 Å². The van der Waals surface area contributed by atoms with E-state index in [1.807, 2.05) is 30.3 Å². The van der Waals surface area contributed by atoms with E-state index in [4.69, 9.17) is 4.52 Å². The second-order valence-electron chi connectivity index (χ2n) is 5.48. The summed E-state index contributed by atoms with van der Waals surface area (Å²) in [6, 6.07) is 11.5. The predicted molar refractivity (Wildman–Crippen MR) is 79.4 cm³/mol. The number of nitrogens with zero attached hydrogens (tertiary/aromatic N) is 4. The molecule has 2 aromatic heterocycles. The maximum atomic E-state index is 12.4. The van der Waals surface area contributed by atoms with Crippen LogP contribution in [0.1, 0.15) is 28.1 Å². The number of hydrogen-bond donors (Lipinski definition) is 0. The zero-order valence-electron chi connectivity index (χ0n) is 12.1. The van der Waals surface area contributed by atoms with Gasteiger partial charge >= 0.3 is 0 Å². The summed E-state index contributed by atoms with van der Waals surface area (Å²) in [5.41, 5.74) is 1.30. The minimum atomic E-state index is -0.0572. The molecule has 0 spiro atoms. The lowest BCUT2D eigenvalue weighted by atomic mass is 9.99. The van der Waals surface area contributed by atoms with Gasteiger partial charge in [0.1, 0.15) is 5.69 Å². The number of carbonyl (C=O) groups excluding carboxylic acids is 1. The highest BCUT2D eigenvalue weighted by Crippen LogP contribution is 2.27. The number of amides is 1. The summed E-state index contributed by atoms with van der Waals surface area (Å²) in [6.45, 7) is 2.97. The van der Waals surface area contributed by atoms with Crippen molar-refractivity contribution in [3.63, 3.8) is 0 Å².